The van der Waals surface area contributed by atoms with E-state index in [4.69, 9.17) is 12.8 Å². The van der Waals surface area contributed by atoms with Crippen molar-refractivity contribution in [2.24, 2.45) is 5.92 Å². The monoisotopic (exact) mass is 384 g/mol. The largest absolute Gasteiger partial charge is 0.377 e. The van der Waals surface area contributed by atoms with Gasteiger partial charge in [0.05, 0.1) is 0 Å². The highest BCUT2D eigenvalue weighted by Crippen LogP contribution is 2.18. The van der Waals surface area contributed by atoms with Crippen molar-refractivity contribution in [3.63, 3.8) is 0 Å². The number of rotatable bonds is 19. The van der Waals surface area contributed by atoms with Crippen LogP contribution in [0.15, 0.2) is 24.3 Å². The zero-order valence-corrected chi connectivity index (χ0v) is 18.4. The predicted molar refractivity (Wildman–Crippen MR) is 125 cm³/mol. The predicted octanol–water partition coefficient (Wildman–Crippen LogP) is 7.60. The van der Waals surface area contributed by atoms with Crippen molar-refractivity contribution in [3.8, 4) is 24.7 Å². The molecular formula is C27H44O. The Morgan fingerprint density at radius 2 is 1.18 bits per heavy atom. The molecule has 28 heavy (non-hydrogen) atoms. The summed E-state index contributed by atoms with van der Waals surface area (Å²) in [6, 6.07) is 0. The molecule has 2 atom stereocenters. The molecule has 0 aliphatic heterocycles. The summed E-state index contributed by atoms with van der Waals surface area (Å²) in [4.78, 5) is 0. The van der Waals surface area contributed by atoms with E-state index in [1.54, 1.807) is 6.08 Å². The minimum Gasteiger partial charge on any atom is -0.377 e. The van der Waals surface area contributed by atoms with Crippen LogP contribution in [0.3, 0.4) is 0 Å². The molecule has 0 aromatic rings. The van der Waals surface area contributed by atoms with Crippen molar-refractivity contribution in [2.45, 2.75) is 116 Å². The number of allylic oxidation sites excluding steroid dienone is 3. The molecular weight excluding hydrogens is 340 g/mol. The molecule has 0 aliphatic rings. The van der Waals surface area contributed by atoms with E-state index in [-0.39, 0.29) is 0 Å². The topological polar surface area (TPSA) is 20.2 Å². The fourth-order valence-corrected chi connectivity index (χ4v) is 3.50. The Labute approximate surface area is 176 Å². The molecule has 1 unspecified atom stereocenters. The summed E-state index contributed by atoms with van der Waals surface area (Å²) in [7, 11) is 0. The molecule has 0 aromatic carbocycles. The number of unbranched alkanes of at least 4 members (excludes halogenated alkanes) is 12. The van der Waals surface area contributed by atoms with Crippen LogP contribution < -0.4 is 0 Å². The summed E-state index contributed by atoms with van der Waals surface area (Å²) in [6.45, 7) is 2.40. The van der Waals surface area contributed by atoms with E-state index in [1.165, 1.54) is 89.9 Å². The van der Waals surface area contributed by atoms with E-state index in [1.807, 2.05) is 12.2 Å². The van der Waals surface area contributed by atoms with Crippen LogP contribution >= 0.6 is 0 Å². The Bertz CT molecular complexity index is 460. The summed E-state index contributed by atoms with van der Waals surface area (Å²) in [5.74, 6) is 5.70. The van der Waals surface area contributed by atoms with Crippen LogP contribution in [0, 0.1) is 30.6 Å². The third-order valence-electron chi connectivity index (χ3n) is 5.34. The van der Waals surface area contributed by atoms with Crippen LogP contribution in [0.1, 0.15) is 110 Å². The molecule has 0 fully saturated rings. The molecule has 0 aliphatic carbocycles. The fraction of sp³-hybridized carbons (Fsp3) is 0.704. The molecule has 0 bridgehead atoms. The van der Waals surface area contributed by atoms with Crippen molar-refractivity contribution in [2.75, 3.05) is 0 Å². The summed E-state index contributed by atoms with van der Waals surface area (Å²) >= 11 is 0. The van der Waals surface area contributed by atoms with Gasteiger partial charge in [-0.1, -0.05) is 108 Å². The van der Waals surface area contributed by atoms with Gasteiger partial charge in [0.15, 0.2) is 0 Å². The van der Waals surface area contributed by atoms with Gasteiger partial charge < -0.3 is 5.11 Å². The Kier molecular flexibility index (Phi) is 20.7. The standard InChI is InChI=1S/C27H44O/c1-4-6-7-8-9-10-11-12-13-14-15-17-20-23-26(3)24-21-18-16-19-22-25-27(28)5-2/h1-2,6-7,22,25-28H,8-21,23-24H2,3H3/b7-6-,25-22+/t26?,27-/m0/s1. The second-order valence-electron chi connectivity index (χ2n) is 8.11. The maximum atomic E-state index is 9.22. The first-order valence-electron chi connectivity index (χ1n) is 11.6. The van der Waals surface area contributed by atoms with E-state index in [2.05, 4.69) is 24.8 Å². The van der Waals surface area contributed by atoms with Gasteiger partial charge in [-0.15, -0.1) is 12.8 Å². The molecule has 158 valence electrons. The molecule has 0 saturated carbocycles. The smallest absolute Gasteiger partial charge is 0.133 e. The van der Waals surface area contributed by atoms with E-state index in [0.29, 0.717) is 0 Å². The molecule has 0 saturated heterocycles. The number of terminal acetylenes is 2. The quantitative estimate of drug-likeness (QED) is 0.138. The van der Waals surface area contributed by atoms with Gasteiger partial charge in [0.25, 0.3) is 0 Å². The summed E-state index contributed by atoms with van der Waals surface area (Å²) in [6.07, 6.45) is 38.3. The first kappa shape index (κ1) is 26.6. The fourth-order valence-electron chi connectivity index (χ4n) is 3.50. The number of hydrogen-bond acceptors (Lipinski definition) is 1. The Balaban J connectivity index is 3.26. The van der Waals surface area contributed by atoms with E-state index in [9.17, 15) is 5.11 Å². The lowest BCUT2D eigenvalue weighted by Gasteiger charge is -2.10. The normalized spacial score (nSPS) is 13.6. The summed E-state index contributed by atoms with van der Waals surface area (Å²) in [5.41, 5.74) is 0. The number of aliphatic hydroxyl groups excluding tert-OH is 1. The van der Waals surface area contributed by atoms with Crippen molar-refractivity contribution in [1.82, 2.24) is 0 Å². The third-order valence-corrected chi connectivity index (χ3v) is 5.34. The maximum Gasteiger partial charge on any atom is 0.133 e. The van der Waals surface area contributed by atoms with E-state index in [0.717, 1.165) is 18.8 Å². The molecule has 0 heterocycles. The Hall–Kier alpha value is -1.44. The summed E-state index contributed by atoms with van der Waals surface area (Å²) in [5, 5.41) is 9.22. The Morgan fingerprint density at radius 1 is 0.714 bits per heavy atom. The first-order chi connectivity index (χ1) is 13.7. The van der Waals surface area contributed by atoms with Crippen molar-refractivity contribution < 1.29 is 5.11 Å². The molecule has 0 rings (SSSR count). The second-order valence-corrected chi connectivity index (χ2v) is 8.11. The lowest BCUT2D eigenvalue weighted by Crippen LogP contribution is -1.96. The van der Waals surface area contributed by atoms with Crippen molar-refractivity contribution in [1.29, 1.82) is 0 Å². The minimum atomic E-state index is -0.716. The number of aliphatic hydroxyl groups is 1. The van der Waals surface area contributed by atoms with Crippen molar-refractivity contribution in [3.05, 3.63) is 24.3 Å². The molecule has 0 aromatic heterocycles. The lowest BCUT2D eigenvalue weighted by atomic mass is 9.96. The molecule has 1 nitrogen and oxygen atoms in total. The van der Waals surface area contributed by atoms with Crippen LogP contribution in [0.2, 0.25) is 0 Å². The van der Waals surface area contributed by atoms with Gasteiger partial charge in [-0.3, -0.25) is 0 Å². The first-order valence-corrected chi connectivity index (χ1v) is 11.6. The molecule has 0 spiro atoms. The second kappa shape index (κ2) is 21.9. The van der Waals surface area contributed by atoms with Gasteiger partial charge in [-0.2, -0.15) is 0 Å². The molecule has 1 heteroatoms. The Morgan fingerprint density at radius 3 is 1.71 bits per heavy atom. The molecule has 1 N–H and O–H groups in total. The average molecular weight is 385 g/mol. The average Bonchev–Trinajstić information content (AvgIpc) is 2.70. The highest BCUT2D eigenvalue weighted by Gasteiger charge is 2.02. The lowest BCUT2D eigenvalue weighted by molar-refractivity contribution is 0.280. The van der Waals surface area contributed by atoms with Gasteiger partial charge in [0.1, 0.15) is 6.10 Å². The zero-order valence-electron chi connectivity index (χ0n) is 18.4. The van der Waals surface area contributed by atoms with Gasteiger partial charge in [0, 0.05) is 0 Å². The SMILES string of the molecule is C#C/C=C\CCCCCCCCCCCC(C)CCCCC/C=C/[C@@H](O)C#C. The minimum absolute atomic E-state index is 0.716. The van der Waals surface area contributed by atoms with E-state index < -0.39 is 6.10 Å². The van der Waals surface area contributed by atoms with Gasteiger partial charge in [-0.25, -0.2) is 0 Å². The van der Waals surface area contributed by atoms with Gasteiger partial charge >= 0.3 is 0 Å². The van der Waals surface area contributed by atoms with Crippen LogP contribution in [0.25, 0.3) is 0 Å². The third kappa shape index (κ3) is 20.9. The molecule has 0 amide bonds. The van der Waals surface area contributed by atoms with Gasteiger partial charge in [-0.05, 0) is 43.8 Å². The summed E-state index contributed by atoms with van der Waals surface area (Å²) < 4.78 is 0. The van der Waals surface area contributed by atoms with E-state index >= 15 is 0 Å². The zero-order chi connectivity index (χ0) is 20.7. The van der Waals surface area contributed by atoms with Crippen LogP contribution in [-0.4, -0.2) is 11.2 Å². The highest BCUT2D eigenvalue weighted by molar-refractivity contribution is 5.08. The van der Waals surface area contributed by atoms with Crippen LogP contribution in [0.5, 0.6) is 0 Å². The van der Waals surface area contributed by atoms with Gasteiger partial charge in [0.2, 0.25) is 0 Å². The highest BCUT2D eigenvalue weighted by atomic mass is 16.3. The van der Waals surface area contributed by atoms with Crippen LogP contribution in [-0.2, 0) is 0 Å². The number of hydrogen-bond donors (Lipinski definition) is 1. The molecule has 0 radical (unpaired) electrons. The van der Waals surface area contributed by atoms with Crippen LogP contribution in [0.4, 0.5) is 0 Å². The maximum absolute atomic E-state index is 9.22. The van der Waals surface area contributed by atoms with Crippen molar-refractivity contribution >= 4 is 0 Å².